The van der Waals surface area contributed by atoms with Gasteiger partial charge in [0.25, 0.3) is 0 Å². The molecular formula is C25H29ClN2O2S. The van der Waals surface area contributed by atoms with Gasteiger partial charge in [0.05, 0.1) is 0 Å². The number of nitrogen functional groups attached to an aromatic ring is 1. The number of hydrogen-bond donors (Lipinski definition) is 2. The predicted molar refractivity (Wildman–Crippen MR) is 132 cm³/mol. The van der Waals surface area contributed by atoms with Gasteiger partial charge in [-0.1, -0.05) is 29.8 Å². The van der Waals surface area contributed by atoms with Crippen molar-refractivity contribution in [1.82, 2.24) is 4.90 Å². The summed E-state index contributed by atoms with van der Waals surface area (Å²) in [7, 11) is 0. The van der Waals surface area contributed by atoms with Gasteiger partial charge < -0.3 is 20.5 Å². The summed E-state index contributed by atoms with van der Waals surface area (Å²) in [5.74, 6) is 1.29. The van der Waals surface area contributed by atoms with Crippen molar-refractivity contribution in [2.45, 2.75) is 31.8 Å². The van der Waals surface area contributed by atoms with Gasteiger partial charge in [0.1, 0.15) is 18.5 Å². The third-order valence-electron chi connectivity index (χ3n) is 5.82. The molecule has 1 atom stereocenters. The number of aliphatic hydroxyl groups is 1. The maximum atomic E-state index is 10.5. The van der Waals surface area contributed by atoms with E-state index in [4.69, 9.17) is 22.1 Å². The van der Waals surface area contributed by atoms with Crippen molar-refractivity contribution in [3.8, 4) is 5.75 Å². The Hall–Kier alpha value is -2.05. The van der Waals surface area contributed by atoms with E-state index in [0.29, 0.717) is 23.9 Å². The first kappa shape index (κ1) is 22.2. The number of aliphatic hydroxyl groups excluding tert-OH is 1. The van der Waals surface area contributed by atoms with Gasteiger partial charge in [0.15, 0.2) is 0 Å². The van der Waals surface area contributed by atoms with E-state index < -0.39 is 6.10 Å². The number of nitrogens with two attached hydrogens (primary N) is 1. The normalized spacial score (nSPS) is 16.9. The molecule has 0 saturated carbocycles. The number of likely N-dealkylation sites (tertiary alicyclic amines) is 1. The van der Waals surface area contributed by atoms with Crippen LogP contribution in [0.4, 0.5) is 5.69 Å². The molecule has 1 aliphatic rings. The lowest BCUT2D eigenvalue weighted by atomic mass is 9.95. The van der Waals surface area contributed by atoms with Crippen LogP contribution in [0.5, 0.6) is 5.75 Å². The van der Waals surface area contributed by atoms with Crippen LogP contribution in [0.25, 0.3) is 16.2 Å². The molecule has 0 bridgehead atoms. The number of piperidine rings is 1. The lowest BCUT2D eigenvalue weighted by Crippen LogP contribution is -2.40. The first-order valence-corrected chi connectivity index (χ1v) is 12.0. The van der Waals surface area contributed by atoms with Crippen LogP contribution >= 0.6 is 22.9 Å². The number of β-amino-alcohol motifs (C(OH)–C–C–N with tert-alkyl or cyclic N) is 1. The number of hydrogen-bond acceptors (Lipinski definition) is 5. The summed E-state index contributed by atoms with van der Waals surface area (Å²) in [6.45, 7) is 4.79. The molecule has 0 spiro atoms. The zero-order valence-corrected chi connectivity index (χ0v) is 19.3. The SMILES string of the molecule is C/C=C/c1c(N)cccc1OCC(O)CN1CCC(c2cc3cc(Cl)ccc3s2)CC1. The van der Waals surface area contributed by atoms with Crippen LogP contribution in [0.15, 0.2) is 48.5 Å². The zero-order chi connectivity index (χ0) is 21.8. The van der Waals surface area contributed by atoms with Crippen LogP contribution in [0.3, 0.4) is 0 Å². The first-order chi connectivity index (χ1) is 15.0. The summed E-state index contributed by atoms with van der Waals surface area (Å²) in [6, 6.07) is 14.0. The average Bonchev–Trinajstić information content (AvgIpc) is 3.18. The second-order valence-corrected chi connectivity index (χ2v) is 9.68. The Morgan fingerprint density at radius 1 is 1.26 bits per heavy atom. The van der Waals surface area contributed by atoms with Gasteiger partial charge >= 0.3 is 0 Å². The first-order valence-electron chi connectivity index (χ1n) is 10.8. The minimum absolute atomic E-state index is 0.255. The summed E-state index contributed by atoms with van der Waals surface area (Å²) in [4.78, 5) is 3.78. The van der Waals surface area contributed by atoms with Crippen LogP contribution in [0.2, 0.25) is 5.02 Å². The average molecular weight is 457 g/mol. The molecule has 2 aromatic carbocycles. The van der Waals surface area contributed by atoms with E-state index in [1.807, 2.05) is 60.7 Å². The number of thiophene rings is 1. The molecule has 1 unspecified atom stereocenters. The number of fused-ring (bicyclic) bond motifs is 1. The fraction of sp³-hybridized carbons (Fsp3) is 0.360. The van der Waals surface area contributed by atoms with Crippen molar-refractivity contribution < 1.29 is 9.84 Å². The zero-order valence-electron chi connectivity index (χ0n) is 17.8. The molecule has 0 radical (unpaired) electrons. The van der Waals surface area contributed by atoms with Gasteiger partial charge in [-0.15, -0.1) is 11.3 Å². The Morgan fingerprint density at radius 3 is 2.84 bits per heavy atom. The van der Waals surface area contributed by atoms with E-state index in [0.717, 1.165) is 36.5 Å². The second kappa shape index (κ2) is 10.0. The predicted octanol–water partition coefficient (Wildman–Crippen LogP) is 5.79. The fourth-order valence-electron chi connectivity index (χ4n) is 4.20. The van der Waals surface area contributed by atoms with E-state index >= 15 is 0 Å². The maximum Gasteiger partial charge on any atom is 0.128 e. The molecule has 31 heavy (non-hydrogen) atoms. The number of rotatable bonds is 7. The molecule has 1 aliphatic heterocycles. The number of benzene rings is 2. The molecule has 0 aliphatic carbocycles. The van der Waals surface area contributed by atoms with Gasteiger partial charge in [-0.3, -0.25) is 0 Å². The van der Waals surface area contributed by atoms with Gasteiger partial charge in [0, 0.05) is 32.4 Å². The number of ether oxygens (including phenoxy) is 1. The summed E-state index contributed by atoms with van der Waals surface area (Å²) >= 11 is 8.01. The Morgan fingerprint density at radius 2 is 2.06 bits per heavy atom. The molecule has 4 nitrogen and oxygen atoms in total. The van der Waals surface area contributed by atoms with Crippen LogP contribution in [0, 0.1) is 0 Å². The van der Waals surface area contributed by atoms with E-state index in [1.165, 1.54) is 15.0 Å². The number of halogens is 1. The third-order valence-corrected chi connectivity index (χ3v) is 7.33. The van der Waals surface area contributed by atoms with E-state index in [-0.39, 0.29) is 6.61 Å². The van der Waals surface area contributed by atoms with Crippen molar-refractivity contribution >= 4 is 44.8 Å². The van der Waals surface area contributed by atoms with E-state index in [2.05, 4.69) is 17.0 Å². The molecule has 164 valence electrons. The van der Waals surface area contributed by atoms with Gasteiger partial charge in [-0.2, -0.15) is 0 Å². The molecule has 3 N–H and O–H groups in total. The quantitative estimate of drug-likeness (QED) is 0.442. The van der Waals surface area contributed by atoms with Crippen LogP contribution in [0.1, 0.15) is 36.1 Å². The molecule has 2 heterocycles. The van der Waals surface area contributed by atoms with Crippen molar-refractivity contribution in [3.63, 3.8) is 0 Å². The Bertz CT molecular complexity index is 1060. The fourth-order valence-corrected chi connectivity index (χ4v) is 5.60. The van der Waals surface area contributed by atoms with Crippen molar-refractivity contribution in [2.24, 2.45) is 0 Å². The standard InChI is InChI=1S/C25H29ClN2O2S/c1-2-4-21-22(27)5-3-6-23(21)30-16-20(29)15-28-11-9-17(10-12-28)25-14-18-13-19(26)7-8-24(18)31-25/h2-8,13-14,17,20,29H,9-12,15-16,27H2,1H3/b4-2+. The van der Waals surface area contributed by atoms with Gasteiger partial charge in [0.2, 0.25) is 0 Å². The molecule has 3 aromatic rings. The van der Waals surface area contributed by atoms with E-state index in [9.17, 15) is 5.11 Å². The summed E-state index contributed by atoms with van der Waals surface area (Å²) in [6.07, 6.45) is 5.54. The highest BCUT2D eigenvalue weighted by atomic mass is 35.5. The second-order valence-electron chi connectivity index (χ2n) is 8.13. The smallest absolute Gasteiger partial charge is 0.128 e. The number of nitrogens with zero attached hydrogens (tertiary/aromatic N) is 1. The number of anilines is 1. The molecule has 1 fully saturated rings. The molecule has 1 saturated heterocycles. The Labute approximate surface area is 192 Å². The molecular weight excluding hydrogens is 428 g/mol. The monoisotopic (exact) mass is 456 g/mol. The summed E-state index contributed by atoms with van der Waals surface area (Å²) in [5.41, 5.74) is 7.59. The van der Waals surface area contributed by atoms with Crippen molar-refractivity contribution in [1.29, 1.82) is 0 Å². The minimum atomic E-state index is -0.539. The van der Waals surface area contributed by atoms with Gasteiger partial charge in [-0.05, 0) is 80.6 Å². The van der Waals surface area contributed by atoms with E-state index in [1.54, 1.807) is 0 Å². The summed E-state index contributed by atoms with van der Waals surface area (Å²) in [5, 5.41) is 12.6. The third kappa shape index (κ3) is 5.42. The Kier molecular flexibility index (Phi) is 7.18. The largest absolute Gasteiger partial charge is 0.490 e. The van der Waals surface area contributed by atoms with Crippen LogP contribution in [-0.2, 0) is 0 Å². The molecule has 4 rings (SSSR count). The minimum Gasteiger partial charge on any atom is -0.490 e. The van der Waals surface area contributed by atoms with Crippen molar-refractivity contribution in [2.75, 3.05) is 32.0 Å². The highest BCUT2D eigenvalue weighted by Crippen LogP contribution is 2.37. The number of allylic oxidation sites excluding steroid dienone is 1. The summed E-state index contributed by atoms with van der Waals surface area (Å²) < 4.78 is 7.19. The van der Waals surface area contributed by atoms with Crippen LogP contribution in [-0.4, -0.2) is 42.4 Å². The Balaban J connectivity index is 1.28. The highest BCUT2D eigenvalue weighted by molar-refractivity contribution is 7.19. The molecule has 0 amide bonds. The highest BCUT2D eigenvalue weighted by Gasteiger charge is 2.24. The maximum absolute atomic E-state index is 10.5. The lowest BCUT2D eigenvalue weighted by molar-refractivity contribution is 0.0595. The van der Waals surface area contributed by atoms with Crippen molar-refractivity contribution in [3.05, 3.63) is 64.0 Å². The topological polar surface area (TPSA) is 58.7 Å². The lowest BCUT2D eigenvalue weighted by Gasteiger charge is -2.32. The van der Waals surface area contributed by atoms with Gasteiger partial charge in [-0.25, -0.2) is 0 Å². The molecule has 1 aromatic heterocycles. The van der Waals surface area contributed by atoms with Crippen LogP contribution < -0.4 is 10.5 Å². The molecule has 6 heteroatoms.